The maximum Gasteiger partial charge on any atom is 0.264 e. The van der Waals surface area contributed by atoms with Crippen LogP contribution >= 0.6 is 11.6 Å². The van der Waals surface area contributed by atoms with Crippen LogP contribution in [0.15, 0.2) is 77.7 Å². The zero-order valence-electron chi connectivity index (χ0n) is 24.3. The van der Waals surface area contributed by atoms with E-state index in [0.717, 1.165) is 15.4 Å². The summed E-state index contributed by atoms with van der Waals surface area (Å²) in [6.45, 7) is 11.1. The predicted octanol–water partition coefficient (Wildman–Crippen LogP) is 5.57. The van der Waals surface area contributed by atoms with Gasteiger partial charge >= 0.3 is 0 Å². The minimum Gasteiger partial charge on any atom is -0.494 e. The number of rotatable bonds is 11. The molecule has 3 aromatic rings. The quantitative estimate of drug-likeness (QED) is 0.311. The third-order valence-corrected chi connectivity index (χ3v) is 8.30. The summed E-state index contributed by atoms with van der Waals surface area (Å²) >= 11 is 6.01. The molecule has 3 aromatic carbocycles. The van der Waals surface area contributed by atoms with Gasteiger partial charge < -0.3 is 15.0 Å². The number of nitrogens with one attached hydrogen (secondary N) is 1. The molecule has 8 nitrogen and oxygen atoms in total. The number of hydrogen-bond donors (Lipinski definition) is 1. The van der Waals surface area contributed by atoms with Gasteiger partial charge in [-0.15, -0.1) is 0 Å². The van der Waals surface area contributed by atoms with Crippen molar-refractivity contribution in [3.05, 3.63) is 88.9 Å². The molecule has 0 aromatic heterocycles. The van der Waals surface area contributed by atoms with Gasteiger partial charge in [-0.25, -0.2) is 8.42 Å². The molecule has 0 bridgehead atoms. The standard InChI is InChI=1S/C31H38ClN3O5S/c1-7-40-27-16-14-26(15-17-27)35(41(38,39)28-18-12-25(32)13-19-28)21-29(36)34(20-24-10-8-22(2)9-11-24)23(3)30(37)33-31(4,5)6/h8-19,23H,7,20-21H2,1-6H3,(H,33,37)/t23-/m0/s1. The Hall–Kier alpha value is -3.56. The first kappa shape index (κ1) is 32.0. The zero-order chi connectivity index (χ0) is 30.4. The van der Waals surface area contributed by atoms with E-state index >= 15 is 0 Å². The lowest BCUT2D eigenvalue weighted by molar-refractivity contribution is -0.140. The number of sulfonamides is 1. The van der Waals surface area contributed by atoms with Crippen molar-refractivity contribution in [2.75, 3.05) is 17.5 Å². The Morgan fingerprint density at radius 2 is 1.54 bits per heavy atom. The van der Waals surface area contributed by atoms with Gasteiger partial charge in [0.25, 0.3) is 10.0 Å². The van der Waals surface area contributed by atoms with E-state index in [-0.39, 0.29) is 23.0 Å². The SMILES string of the molecule is CCOc1ccc(N(CC(=O)N(Cc2ccc(C)cc2)[C@@H](C)C(=O)NC(C)(C)C)S(=O)(=O)c2ccc(Cl)cc2)cc1. The van der Waals surface area contributed by atoms with Crippen molar-refractivity contribution in [1.29, 1.82) is 0 Å². The second kappa shape index (κ2) is 13.4. The molecule has 0 heterocycles. The second-order valence-corrected chi connectivity index (χ2v) is 13.1. The average Bonchev–Trinajstić information content (AvgIpc) is 2.91. The van der Waals surface area contributed by atoms with Crippen LogP contribution in [0.1, 0.15) is 45.7 Å². The number of halogens is 1. The van der Waals surface area contributed by atoms with E-state index in [9.17, 15) is 18.0 Å². The Kier molecular flexibility index (Phi) is 10.4. The van der Waals surface area contributed by atoms with E-state index in [2.05, 4.69) is 5.32 Å². The van der Waals surface area contributed by atoms with Gasteiger partial charge in [0.15, 0.2) is 0 Å². The number of amides is 2. The molecular weight excluding hydrogens is 562 g/mol. The number of carbonyl (C=O) groups is 2. The highest BCUT2D eigenvalue weighted by atomic mass is 35.5. The fourth-order valence-electron chi connectivity index (χ4n) is 4.08. The molecule has 220 valence electrons. The Morgan fingerprint density at radius 1 is 0.951 bits per heavy atom. The minimum absolute atomic E-state index is 0.0211. The van der Waals surface area contributed by atoms with Gasteiger partial charge in [0.2, 0.25) is 11.8 Å². The minimum atomic E-state index is -4.19. The molecule has 0 aliphatic carbocycles. The first-order valence-electron chi connectivity index (χ1n) is 13.4. The molecule has 2 amide bonds. The number of anilines is 1. The molecule has 0 aliphatic rings. The molecule has 1 N–H and O–H groups in total. The molecule has 0 unspecified atom stereocenters. The molecule has 0 spiro atoms. The summed E-state index contributed by atoms with van der Waals surface area (Å²) in [5, 5.41) is 3.31. The first-order valence-corrected chi connectivity index (χ1v) is 15.2. The summed E-state index contributed by atoms with van der Waals surface area (Å²) in [6, 6.07) is 19.0. The largest absolute Gasteiger partial charge is 0.494 e. The Bertz CT molecular complexity index is 1440. The molecule has 1 atom stereocenters. The third kappa shape index (κ3) is 8.71. The highest BCUT2D eigenvalue weighted by molar-refractivity contribution is 7.92. The summed E-state index contributed by atoms with van der Waals surface area (Å²) in [7, 11) is -4.19. The van der Waals surface area contributed by atoms with Crippen molar-refractivity contribution in [1.82, 2.24) is 10.2 Å². The van der Waals surface area contributed by atoms with Crippen LogP contribution in [0.5, 0.6) is 5.75 Å². The van der Waals surface area contributed by atoms with E-state index in [1.165, 1.54) is 29.2 Å². The van der Waals surface area contributed by atoms with Gasteiger partial charge in [-0.2, -0.15) is 0 Å². The molecule has 0 radical (unpaired) electrons. The molecule has 0 aliphatic heterocycles. The lowest BCUT2D eigenvalue weighted by Crippen LogP contribution is -2.54. The zero-order valence-corrected chi connectivity index (χ0v) is 25.9. The van der Waals surface area contributed by atoms with Crippen LogP contribution in [0.4, 0.5) is 5.69 Å². The topological polar surface area (TPSA) is 96.0 Å². The van der Waals surface area contributed by atoms with E-state index in [1.54, 1.807) is 31.2 Å². The monoisotopic (exact) mass is 599 g/mol. The Balaban J connectivity index is 2.03. The van der Waals surface area contributed by atoms with Crippen molar-refractivity contribution in [3.8, 4) is 5.75 Å². The Morgan fingerprint density at radius 3 is 2.07 bits per heavy atom. The summed E-state index contributed by atoms with van der Waals surface area (Å²) in [5.74, 6) is -0.306. The first-order chi connectivity index (χ1) is 19.2. The fourth-order valence-corrected chi connectivity index (χ4v) is 5.62. The van der Waals surface area contributed by atoms with Crippen molar-refractivity contribution in [3.63, 3.8) is 0 Å². The van der Waals surface area contributed by atoms with Crippen molar-refractivity contribution < 1.29 is 22.7 Å². The van der Waals surface area contributed by atoms with Crippen molar-refractivity contribution >= 4 is 39.1 Å². The molecule has 0 saturated heterocycles. The molecule has 0 fully saturated rings. The van der Waals surface area contributed by atoms with Crippen LogP contribution in [0.2, 0.25) is 5.02 Å². The van der Waals surface area contributed by atoms with Crippen LogP contribution in [0, 0.1) is 6.92 Å². The molecular formula is C31H38ClN3O5S. The number of carbonyl (C=O) groups excluding carboxylic acids is 2. The van der Waals surface area contributed by atoms with E-state index in [1.807, 2.05) is 58.9 Å². The Labute approximate surface area is 248 Å². The predicted molar refractivity (Wildman–Crippen MR) is 163 cm³/mol. The van der Waals surface area contributed by atoms with Gasteiger partial charge in [-0.05, 0) is 95.6 Å². The number of nitrogens with zero attached hydrogens (tertiary/aromatic N) is 2. The lowest BCUT2D eigenvalue weighted by Gasteiger charge is -2.33. The highest BCUT2D eigenvalue weighted by Gasteiger charge is 2.33. The second-order valence-electron chi connectivity index (χ2n) is 10.8. The fraction of sp³-hybridized carbons (Fsp3) is 0.355. The number of ether oxygens (including phenoxy) is 1. The third-order valence-electron chi connectivity index (χ3n) is 6.26. The van der Waals surface area contributed by atoms with Gasteiger partial charge in [-0.1, -0.05) is 41.4 Å². The molecule has 0 saturated carbocycles. The number of aryl methyl sites for hydroxylation is 1. The molecule has 3 rings (SSSR count). The normalized spacial score (nSPS) is 12.4. The van der Waals surface area contributed by atoms with Crippen molar-refractivity contribution in [2.45, 2.75) is 64.6 Å². The van der Waals surface area contributed by atoms with Crippen molar-refractivity contribution in [2.24, 2.45) is 0 Å². The van der Waals surface area contributed by atoms with E-state index < -0.39 is 34.1 Å². The van der Waals surface area contributed by atoms with Gasteiger partial charge in [0, 0.05) is 17.1 Å². The summed E-state index contributed by atoms with van der Waals surface area (Å²) in [5.41, 5.74) is 1.63. The van der Waals surface area contributed by atoms with Crippen LogP contribution in [-0.2, 0) is 26.2 Å². The number of hydrogen-bond acceptors (Lipinski definition) is 5. The van der Waals surface area contributed by atoms with Crippen LogP contribution in [0.25, 0.3) is 0 Å². The van der Waals surface area contributed by atoms with Gasteiger partial charge in [-0.3, -0.25) is 13.9 Å². The van der Waals surface area contributed by atoms with Crippen LogP contribution in [-0.4, -0.2) is 49.9 Å². The lowest BCUT2D eigenvalue weighted by atomic mass is 10.1. The van der Waals surface area contributed by atoms with E-state index in [0.29, 0.717) is 17.4 Å². The number of benzene rings is 3. The summed E-state index contributed by atoms with van der Waals surface area (Å²) in [4.78, 5) is 28.6. The highest BCUT2D eigenvalue weighted by Crippen LogP contribution is 2.27. The summed E-state index contributed by atoms with van der Waals surface area (Å²) < 4.78 is 34.4. The molecule has 10 heteroatoms. The van der Waals surface area contributed by atoms with Crippen LogP contribution in [0.3, 0.4) is 0 Å². The van der Waals surface area contributed by atoms with Gasteiger partial charge in [0.1, 0.15) is 18.3 Å². The van der Waals surface area contributed by atoms with E-state index in [4.69, 9.17) is 16.3 Å². The summed E-state index contributed by atoms with van der Waals surface area (Å²) in [6.07, 6.45) is 0. The smallest absolute Gasteiger partial charge is 0.264 e. The molecule has 41 heavy (non-hydrogen) atoms. The maximum absolute atomic E-state index is 14.0. The van der Waals surface area contributed by atoms with Crippen LogP contribution < -0.4 is 14.4 Å². The van der Waals surface area contributed by atoms with Gasteiger partial charge in [0.05, 0.1) is 17.2 Å². The maximum atomic E-state index is 14.0. The average molecular weight is 600 g/mol.